The molecule has 1 fully saturated rings. The number of amides is 1. The molecule has 0 saturated heterocycles. The molecule has 1 aromatic carbocycles. The molecule has 0 aromatic heterocycles. The van der Waals surface area contributed by atoms with Gasteiger partial charge in [0, 0.05) is 33.8 Å². The number of carbonyl (C=O) groups is 1. The maximum absolute atomic E-state index is 12.7. The molecule has 1 amide bonds. The molecule has 7 nitrogen and oxygen atoms in total. The minimum Gasteiger partial charge on any atom is -0.497 e. The van der Waals surface area contributed by atoms with Crippen molar-refractivity contribution in [1.82, 2.24) is 15.5 Å². The summed E-state index contributed by atoms with van der Waals surface area (Å²) in [7, 11) is 7.02. The van der Waals surface area contributed by atoms with Crippen LogP contribution in [0.25, 0.3) is 0 Å². The van der Waals surface area contributed by atoms with Gasteiger partial charge in [0.2, 0.25) is 5.91 Å². The number of hydrogen-bond acceptors (Lipinski definition) is 4. The van der Waals surface area contributed by atoms with E-state index in [0.717, 1.165) is 37.2 Å². The van der Waals surface area contributed by atoms with Crippen LogP contribution in [0.4, 0.5) is 0 Å². The third-order valence-corrected chi connectivity index (χ3v) is 5.17. The number of benzene rings is 1. The number of hydrogen-bond donors (Lipinski definition) is 2. The summed E-state index contributed by atoms with van der Waals surface area (Å²) in [6.45, 7) is 3.17. The van der Waals surface area contributed by atoms with Gasteiger partial charge in [0.15, 0.2) is 5.96 Å². The van der Waals surface area contributed by atoms with Crippen LogP contribution in [-0.4, -0.2) is 64.2 Å². The van der Waals surface area contributed by atoms with E-state index in [-0.39, 0.29) is 17.4 Å². The van der Waals surface area contributed by atoms with E-state index in [0.29, 0.717) is 19.0 Å². The third kappa shape index (κ3) is 5.78. The summed E-state index contributed by atoms with van der Waals surface area (Å²) in [5.74, 6) is 2.40. The Morgan fingerprint density at radius 1 is 1.25 bits per heavy atom. The lowest BCUT2D eigenvalue weighted by Crippen LogP contribution is -2.50. The summed E-state index contributed by atoms with van der Waals surface area (Å²) in [6, 6.07) is 7.55. The van der Waals surface area contributed by atoms with Gasteiger partial charge in [-0.3, -0.25) is 9.79 Å². The SMILES string of the molecule is CN=C(NCC(C)Oc1cccc(OC)c1)NCC1(C(=O)N(C)C)CCCC1. The van der Waals surface area contributed by atoms with Crippen molar-refractivity contribution in [3.8, 4) is 11.5 Å². The Kier molecular flexibility index (Phi) is 7.96. The van der Waals surface area contributed by atoms with Crippen LogP contribution in [0.5, 0.6) is 11.5 Å². The highest BCUT2D eigenvalue weighted by Gasteiger charge is 2.42. The zero-order chi connectivity index (χ0) is 20.6. The first-order valence-corrected chi connectivity index (χ1v) is 9.87. The molecule has 0 heterocycles. The number of methoxy groups -OCH3 is 1. The molecule has 1 aromatic rings. The van der Waals surface area contributed by atoms with Crippen LogP contribution in [0.3, 0.4) is 0 Å². The second kappa shape index (κ2) is 10.2. The van der Waals surface area contributed by atoms with Crippen LogP contribution in [0, 0.1) is 5.41 Å². The van der Waals surface area contributed by atoms with Crippen LogP contribution in [-0.2, 0) is 4.79 Å². The van der Waals surface area contributed by atoms with Gasteiger partial charge >= 0.3 is 0 Å². The number of nitrogens with one attached hydrogen (secondary N) is 2. The average Bonchev–Trinajstić information content (AvgIpc) is 3.17. The lowest BCUT2D eigenvalue weighted by Gasteiger charge is -2.31. The smallest absolute Gasteiger partial charge is 0.230 e. The second-order valence-electron chi connectivity index (χ2n) is 7.60. The largest absolute Gasteiger partial charge is 0.497 e. The maximum Gasteiger partial charge on any atom is 0.230 e. The number of nitrogens with zero attached hydrogens (tertiary/aromatic N) is 2. The van der Waals surface area contributed by atoms with Crippen LogP contribution < -0.4 is 20.1 Å². The van der Waals surface area contributed by atoms with Gasteiger partial charge in [0.25, 0.3) is 0 Å². The fraction of sp³-hybridized carbons (Fsp3) is 0.619. The van der Waals surface area contributed by atoms with Gasteiger partial charge in [-0.15, -0.1) is 0 Å². The fourth-order valence-corrected chi connectivity index (χ4v) is 3.65. The van der Waals surface area contributed by atoms with Gasteiger partial charge in [-0.1, -0.05) is 18.9 Å². The molecule has 0 bridgehead atoms. The van der Waals surface area contributed by atoms with E-state index >= 15 is 0 Å². The molecule has 2 N–H and O–H groups in total. The molecule has 7 heteroatoms. The topological polar surface area (TPSA) is 75.2 Å². The van der Waals surface area contributed by atoms with E-state index < -0.39 is 0 Å². The molecule has 1 atom stereocenters. The van der Waals surface area contributed by atoms with Crippen molar-refractivity contribution in [2.24, 2.45) is 10.4 Å². The highest BCUT2D eigenvalue weighted by Crippen LogP contribution is 2.38. The van der Waals surface area contributed by atoms with Gasteiger partial charge in [0.1, 0.15) is 17.6 Å². The summed E-state index contributed by atoms with van der Waals surface area (Å²) in [5, 5.41) is 6.63. The molecule has 28 heavy (non-hydrogen) atoms. The molecule has 0 aliphatic heterocycles. The first-order valence-electron chi connectivity index (χ1n) is 9.87. The molecule has 0 spiro atoms. The van der Waals surface area contributed by atoms with E-state index in [1.54, 1.807) is 19.1 Å². The number of guanidine groups is 1. The van der Waals surface area contributed by atoms with Crippen LogP contribution in [0.2, 0.25) is 0 Å². The van der Waals surface area contributed by atoms with E-state index in [1.807, 2.05) is 45.3 Å². The Morgan fingerprint density at radius 2 is 1.93 bits per heavy atom. The first kappa shape index (κ1) is 21.9. The summed E-state index contributed by atoms with van der Waals surface area (Å²) in [6.07, 6.45) is 3.97. The maximum atomic E-state index is 12.7. The Hall–Kier alpha value is -2.44. The number of aliphatic imine (C=N–C) groups is 1. The Bertz CT molecular complexity index is 669. The van der Waals surface area contributed by atoms with E-state index in [1.165, 1.54) is 0 Å². The van der Waals surface area contributed by atoms with Crippen molar-refractivity contribution in [3.05, 3.63) is 24.3 Å². The molecule has 1 saturated carbocycles. The average molecular weight is 391 g/mol. The number of carbonyl (C=O) groups excluding carboxylic acids is 1. The summed E-state index contributed by atoms with van der Waals surface area (Å²) in [4.78, 5) is 18.7. The van der Waals surface area contributed by atoms with Gasteiger partial charge in [0.05, 0.1) is 19.1 Å². The van der Waals surface area contributed by atoms with Crippen molar-refractivity contribution in [2.45, 2.75) is 38.7 Å². The predicted molar refractivity (Wildman–Crippen MR) is 112 cm³/mol. The van der Waals surface area contributed by atoms with E-state index in [2.05, 4.69) is 15.6 Å². The zero-order valence-corrected chi connectivity index (χ0v) is 17.7. The molecule has 1 aliphatic carbocycles. The quantitative estimate of drug-likeness (QED) is 0.526. The minimum atomic E-state index is -0.330. The zero-order valence-electron chi connectivity index (χ0n) is 17.7. The molecule has 1 aliphatic rings. The number of rotatable bonds is 8. The molecule has 0 radical (unpaired) electrons. The highest BCUT2D eigenvalue weighted by atomic mass is 16.5. The molecule has 1 unspecified atom stereocenters. The fourth-order valence-electron chi connectivity index (χ4n) is 3.65. The lowest BCUT2D eigenvalue weighted by atomic mass is 9.84. The van der Waals surface area contributed by atoms with Gasteiger partial charge in [-0.05, 0) is 31.9 Å². The minimum absolute atomic E-state index is 0.0606. The van der Waals surface area contributed by atoms with Crippen molar-refractivity contribution in [3.63, 3.8) is 0 Å². The van der Waals surface area contributed by atoms with E-state index in [4.69, 9.17) is 9.47 Å². The second-order valence-corrected chi connectivity index (χ2v) is 7.60. The van der Waals surface area contributed by atoms with Crippen molar-refractivity contribution >= 4 is 11.9 Å². The van der Waals surface area contributed by atoms with Crippen LogP contribution in [0.15, 0.2) is 29.3 Å². The van der Waals surface area contributed by atoms with Crippen molar-refractivity contribution < 1.29 is 14.3 Å². The van der Waals surface area contributed by atoms with Gasteiger partial charge in [-0.25, -0.2) is 0 Å². The van der Waals surface area contributed by atoms with Gasteiger partial charge < -0.3 is 25.0 Å². The Labute approximate surface area is 168 Å². The van der Waals surface area contributed by atoms with Crippen molar-refractivity contribution in [1.29, 1.82) is 0 Å². The molecule has 2 rings (SSSR count). The highest BCUT2D eigenvalue weighted by molar-refractivity contribution is 5.85. The standard InChI is InChI=1S/C21H34N4O3/c1-16(28-18-10-8-9-17(13-18)27-5)14-23-20(22-2)24-15-21(11-6-7-12-21)19(26)25(3)4/h8-10,13,16H,6-7,11-12,14-15H2,1-5H3,(H2,22,23,24). The lowest BCUT2D eigenvalue weighted by molar-refractivity contribution is -0.138. The Balaban J connectivity index is 1.85. The summed E-state index contributed by atoms with van der Waals surface area (Å²) < 4.78 is 11.2. The Morgan fingerprint density at radius 3 is 2.54 bits per heavy atom. The van der Waals surface area contributed by atoms with Crippen molar-refractivity contribution in [2.75, 3.05) is 41.3 Å². The van der Waals surface area contributed by atoms with Crippen LogP contribution in [0.1, 0.15) is 32.6 Å². The summed E-state index contributed by atoms with van der Waals surface area (Å²) >= 11 is 0. The summed E-state index contributed by atoms with van der Waals surface area (Å²) in [5.41, 5.74) is -0.330. The predicted octanol–water partition coefficient (Wildman–Crippen LogP) is 2.28. The molecular weight excluding hydrogens is 356 g/mol. The van der Waals surface area contributed by atoms with Gasteiger partial charge in [-0.2, -0.15) is 0 Å². The molecule has 156 valence electrons. The van der Waals surface area contributed by atoms with E-state index in [9.17, 15) is 4.79 Å². The third-order valence-electron chi connectivity index (χ3n) is 5.17. The molecular formula is C21H34N4O3. The van der Waals surface area contributed by atoms with Crippen LogP contribution >= 0.6 is 0 Å². The monoisotopic (exact) mass is 390 g/mol. The first-order chi connectivity index (χ1) is 13.4. The number of ether oxygens (including phenoxy) is 2. The normalized spacial score (nSPS) is 17.0.